The van der Waals surface area contributed by atoms with Gasteiger partial charge in [-0.2, -0.15) is 0 Å². The fraction of sp³-hybridized carbons (Fsp3) is 0.0500. The van der Waals surface area contributed by atoms with Crippen LogP contribution in [0.25, 0.3) is 0 Å². The highest BCUT2D eigenvalue weighted by atomic mass is 32.2. The van der Waals surface area contributed by atoms with E-state index in [4.69, 9.17) is 4.74 Å². The van der Waals surface area contributed by atoms with Gasteiger partial charge < -0.3 is 4.74 Å². The molecule has 0 radical (unpaired) electrons. The predicted octanol–water partition coefficient (Wildman–Crippen LogP) is 3.64. The van der Waals surface area contributed by atoms with E-state index in [1.807, 2.05) is 0 Å². The second-order valence-electron chi connectivity index (χ2n) is 5.97. The largest absolute Gasteiger partial charge is 0.423 e. The van der Waals surface area contributed by atoms with Crippen molar-refractivity contribution in [2.24, 2.45) is 0 Å². The molecule has 9 heteroatoms. The summed E-state index contributed by atoms with van der Waals surface area (Å²) in [6.45, 7) is 0. The van der Waals surface area contributed by atoms with Crippen LogP contribution in [0, 0.1) is 10.1 Å². The van der Waals surface area contributed by atoms with Gasteiger partial charge in [0.25, 0.3) is 15.7 Å². The Morgan fingerprint density at radius 3 is 2.07 bits per heavy atom. The second kappa shape index (κ2) is 8.11. The Morgan fingerprint density at radius 2 is 1.52 bits per heavy atom. The van der Waals surface area contributed by atoms with Crippen molar-refractivity contribution < 1.29 is 22.9 Å². The molecule has 3 rings (SSSR count). The van der Waals surface area contributed by atoms with Crippen LogP contribution < -0.4 is 9.04 Å². The third-order valence-electron chi connectivity index (χ3n) is 4.13. The number of sulfonamides is 1. The quantitative estimate of drug-likeness (QED) is 0.265. The minimum atomic E-state index is -3.72. The molecule has 0 aromatic heterocycles. The molecule has 0 bridgehead atoms. The molecule has 0 aliphatic carbocycles. The zero-order valence-electron chi connectivity index (χ0n) is 15.3. The molecule has 0 amide bonds. The van der Waals surface area contributed by atoms with Crippen molar-refractivity contribution in [2.45, 2.75) is 4.90 Å². The number of ether oxygens (including phenoxy) is 1. The van der Waals surface area contributed by atoms with E-state index < -0.39 is 20.9 Å². The number of rotatable bonds is 6. The number of nitro benzene ring substituents is 1. The van der Waals surface area contributed by atoms with Gasteiger partial charge in [0.2, 0.25) is 0 Å². The minimum Gasteiger partial charge on any atom is -0.423 e. The molecule has 0 saturated heterocycles. The van der Waals surface area contributed by atoms with Gasteiger partial charge in [-0.15, -0.1) is 0 Å². The maximum atomic E-state index is 12.7. The zero-order chi connectivity index (χ0) is 21.0. The van der Waals surface area contributed by atoms with Crippen molar-refractivity contribution in [1.29, 1.82) is 0 Å². The lowest BCUT2D eigenvalue weighted by molar-refractivity contribution is -0.384. The molecule has 0 atom stereocenters. The van der Waals surface area contributed by atoms with Crippen molar-refractivity contribution >= 4 is 27.4 Å². The molecule has 8 nitrogen and oxygen atoms in total. The van der Waals surface area contributed by atoms with Crippen LogP contribution in [-0.2, 0) is 10.0 Å². The van der Waals surface area contributed by atoms with E-state index in [2.05, 4.69) is 0 Å². The first-order valence-corrected chi connectivity index (χ1v) is 9.84. The van der Waals surface area contributed by atoms with Crippen molar-refractivity contribution in [3.8, 4) is 5.75 Å². The van der Waals surface area contributed by atoms with Crippen LogP contribution >= 0.6 is 0 Å². The Kier molecular flexibility index (Phi) is 5.60. The van der Waals surface area contributed by atoms with Crippen LogP contribution in [0.4, 0.5) is 11.4 Å². The molecule has 3 aromatic carbocycles. The number of nitrogens with zero attached hydrogens (tertiary/aromatic N) is 2. The van der Waals surface area contributed by atoms with Gasteiger partial charge in [-0.1, -0.05) is 18.2 Å². The number of non-ortho nitro benzene ring substituents is 1. The number of benzene rings is 3. The average molecular weight is 412 g/mol. The van der Waals surface area contributed by atoms with Gasteiger partial charge in [0.05, 0.1) is 21.1 Å². The highest BCUT2D eigenvalue weighted by molar-refractivity contribution is 7.92. The summed E-state index contributed by atoms with van der Waals surface area (Å²) >= 11 is 0. The van der Waals surface area contributed by atoms with Crippen LogP contribution in [0.2, 0.25) is 0 Å². The van der Waals surface area contributed by atoms with Crippen molar-refractivity contribution in [3.05, 3.63) is 94.5 Å². The van der Waals surface area contributed by atoms with Gasteiger partial charge in [-0.3, -0.25) is 14.4 Å². The highest BCUT2D eigenvalue weighted by Gasteiger charge is 2.21. The van der Waals surface area contributed by atoms with Crippen molar-refractivity contribution in [2.75, 3.05) is 11.4 Å². The highest BCUT2D eigenvalue weighted by Crippen LogP contribution is 2.23. The molecule has 0 saturated carbocycles. The first-order chi connectivity index (χ1) is 13.8. The summed E-state index contributed by atoms with van der Waals surface area (Å²) < 4.78 is 31.6. The molecular weight excluding hydrogens is 396 g/mol. The van der Waals surface area contributed by atoms with E-state index in [-0.39, 0.29) is 21.9 Å². The standard InChI is InChI=1S/C20H16N2O6S/c1-21(29(26,27)19-5-3-2-4-6-19)16-9-7-15(8-10-16)20(23)28-18-13-11-17(12-14-18)22(24)25/h2-14H,1H3. The van der Waals surface area contributed by atoms with Gasteiger partial charge in [0, 0.05) is 19.2 Å². The van der Waals surface area contributed by atoms with E-state index in [1.165, 1.54) is 67.7 Å². The summed E-state index contributed by atoms with van der Waals surface area (Å²) in [5.41, 5.74) is 0.468. The lowest BCUT2D eigenvalue weighted by atomic mass is 10.2. The number of hydrogen-bond donors (Lipinski definition) is 0. The Bertz CT molecular complexity index is 1130. The van der Waals surface area contributed by atoms with Crippen LogP contribution in [0.1, 0.15) is 10.4 Å². The molecule has 0 unspecified atom stereocenters. The number of carbonyl (C=O) groups excluding carboxylic acids is 1. The molecule has 0 aliphatic heterocycles. The molecule has 148 valence electrons. The fourth-order valence-corrected chi connectivity index (χ4v) is 3.72. The Labute approximate surface area is 167 Å². The number of esters is 1. The normalized spacial score (nSPS) is 10.9. The summed E-state index contributed by atoms with van der Waals surface area (Å²) in [7, 11) is -2.30. The molecule has 0 heterocycles. The first-order valence-electron chi connectivity index (χ1n) is 8.40. The zero-order valence-corrected chi connectivity index (χ0v) is 16.1. The molecular formula is C20H16N2O6S. The third kappa shape index (κ3) is 4.41. The Hall–Kier alpha value is -3.72. The van der Waals surface area contributed by atoms with Crippen molar-refractivity contribution in [3.63, 3.8) is 0 Å². The first kappa shape index (κ1) is 20.0. The van der Waals surface area contributed by atoms with E-state index in [9.17, 15) is 23.3 Å². The van der Waals surface area contributed by atoms with E-state index in [0.29, 0.717) is 5.69 Å². The smallest absolute Gasteiger partial charge is 0.343 e. The summed E-state index contributed by atoms with van der Waals surface area (Å²) in [6, 6.07) is 19.0. The van der Waals surface area contributed by atoms with Crippen LogP contribution in [0.15, 0.2) is 83.8 Å². The third-order valence-corrected chi connectivity index (χ3v) is 5.93. The summed E-state index contributed by atoms with van der Waals surface area (Å²) in [4.78, 5) is 22.5. The van der Waals surface area contributed by atoms with E-state index in [1.54, 1.807) is 18.2 Å². The molecule has 29 heavy (non-hydrogen) atoms. The summed E-state index contributed by atoms with van der Waals surface area (Å²) in [5, 5.41) is 10.7. The Morgan fingerprint density at radius 1 is 0.931 bits per heavy atom. The molecule has 3 aromatic rings. The van der Waals surface area contributed by atoms with Gasteiger partial charge in [-0.05, 0) is 48.5 Å². The molecule has 0 N–H and O–H groups in total. The maximum Gasteiger partial charge on any atom is 0.343 e. The van der Waals surface area contributed by atoms with E-state index >= 15 is 0 Å². The molecule has 0 spiro atoms. The summed E-state index contributed by atoms with van der Waals surface area (Å²) in [6.07, 6.45) is 0. The van der Waals surface area contributed by atoms with Gasteiger partial charge in [0.1, 0.15) is 5.75 Å². The minimum absolute atomic E-state index is 0.114. The number of hydrogen-bond acceptors (Lipinski definition) is 6. The SMILES string of the molecule is CN(c1ccc(C(=O)Oc2ccc([N+](=O)[O-])cc2)cc1)S(=O)(=O)c1ccccc1. The van der Waals surface area contributed by atoms with Crippen LogP contribution in [-0.4, -0.2) is 26.4 Å². The topological polar surface area (TPSA) is 107 Å². The lowest BCUT2D eigenvalue weighted by Crippen LogP contribution is -2.26. The molecule has 0 fully saturated rings. The van der Waals surface area contributed by atoms with Crippen LogP contribution in [0.3, 0.4) is 0 Å². The van der Waals surface area contributed by atoms with Gasteiger partial charge in [0.15, 0.2) is 0 Å². The lowest BCUT2D eigenvalue weighted by Gasteiger charge is -2.19. The average Bonchev–Trinajstić information content (AvgIpc) is 2.74. The fourth-order valence-electron chi connectivity index (χ4n) is 2.50. The number of nitro groups is 1. The predicted molar refractivity (Wildman–Crippen MR) is 107 cm³/mol. The van der Waals surface area contributed by atoms with Gasteiger partial charge in [-0.25, -0.2) is 13.2 Å². The second-order valence-corrected chi connectivity index (χ2v) is 7.94. The Balaban J connectivity index is 1.74. The maximum absolute atomic E-state index is 12.7. The molecule has 0 aliphatic rings. The number of anilines is 1. The van der Waals surface area contributed by atoms with Gasteiger partial charge >= 0.3 is 5.97 Å². The van der Waals surface area contributed by atoms with Crippen LogP contribution in [0.5, 0.6) is 5.75 Å². The van der Waals surface area contributed by atoms with Crippen molar-refractivity contribution in [1.82, 2.24) is 0 Å². The number of carbonyl (C=O) groups is 1. The summed E-state index contributed by atoms with van der Waals surface area (Å²) in [5.74, 6) is -0.507. The van der Waals surface area contributed by atoms with E-state index in [0.717, 1.165) is 4.31 Å². The monoisotopic (exact) mass is 412 g/mol.